The zero-order valence-corrected chi connectivity index (χ0v) is 16.2. The van der Waals surface area contributed by atoms with Crippen molar-refractivity contribution in [1.82, 2.24) is 4.57 Å². The molecule has 1 heterocycles. The second kappa shape index (κ2) is 7.28. The Bertz CT molecular complexity index is 1070. The van der Waals surface area contributed by atoms with E-state index in [0.717, 1.165) is 29.3 Å². The van der Waals surface area contributed by atoms with Crippen LogP contribution in [0.5, 0.6) is 0 Å². The normalized spacial score (nSPS) is 13.6. The van der Waals surface area contributed by atoms with Gasteiger partial charge in [0.25, 0.3) is 5.69 Å². The maximum absolute atomic E-state index is 13.2. The Labute approximate surface area is 167 Å². The summed E-state index contributed by atoms with van der Waals surface area (Å²) in [5, 5.41) is 12.4. The van der Waals surface area contributed by atoms with E-state index in [1.807, 2.05) is 42.1 Å². The Morgan fingerprint density at radius 2 is 2.04 bits per heavy atom. The monoisotopic (exact) mass is 397 g/mol. The molecule has 3 aromatic rings. The van der Waals surface area contributed by atoms with Crippen LogP contribution >= 0.6 is 11.6 Å². The molecular formula is C21H20ClN3O3. The summed E-state index contributed by atoms with van der Waals surface area (Å²) in [4.78, 5) is 25.6. The number of para-hydroxylation sites is 1. The van der Waals surface area contributed by atoms with E-state index in [4.69, 9.17) is 11.6 Å². The van der Waals surface area contributed by atoms with Gasteiger partial charge in [-0.3, -0.25) is 14.9 Å². The molecule has 2 aromatic carbocycles. The first-order valence-corrected chi connectivity index (χ1v) is 9.59. The molecule has 1 fully saturated rings. The number of amides is 1. The SMILES string of the molecule is Cn1cc(CC(=O)N(CC2CC2)c2ccc(Cl)c([N+](=O)[O-])c2)c2ccccc21. The summed E-state index contributed by atoms with van der Waals surface area (Å²) >= 11 is 5.94. The van der Waals surface area contributed by atoms with Gasteiger partial charge in [-0.1, -0.05) is 29.8 Å². The Balaban J connectivity index is 1.66. The molecule has 1 aromatic heterocycles. The van der Waals surface area contributed by atoms with Crippen molar-refractivity contribution >= 4 is 39.8 Å². The molecule has 7 heteroatoms. The highest BCUT2D eigenvalue weighted by atomic mass is 35.5. The number of hydrogen-bond acceptors (Lipinski definition) is 3. The number of carbonyl (C=O) groups is 1. The Hall–Kier alpha value is -2.86. The highest BCUT2D eigenvalue weighted by molar-refractivity contribution is 6.32. The number of benzene rings is 2. The highest BCUT2D eigenvalue weighted by Crippen LogP contribution is 2.35. The van der Waals surface area contributed by atoms with Crippen LogP contribution in [0.15, 0.2) is 48.7 Å². The first-order valence-electron chi connectivity index (χ1n) is 9.21. The fourth-order valence-electron chi connectivity index (χ4n) is 3.54. The number of aryl methyl sites for hydroxylation is 1. The second-order valence-electron chi connectivity index (χ2n) is 7.30. The summed E-state index contributed by atoms with van der Waals surface area (Å²) in [5.41, 5.74) is 2.36. The van der Waals surface area contributed by atoms with Gasteiger partial charge >= 0.3 is 0 Å². The number of anilines is 1. The van der Waals surface area contributed by atoms with E-state index in [1.54, 1.807) is 11.0 Å². The second-order valence-corrected chi connectivity index (χ2v) is 7.71. The minimum absolute atomic E-state index is 0.0696. The van der Waals surface area contributed by atoms with Crippen molar-refractivity contribution in [2.75, 3.05) is 11.4 Å². The molecular weight excluding hydrogens is 378 g/mol. The smallest absolute Gasteiger partial charge is 0.289 e. The summed E-state index contributed by atoms with van der Waals surface area (Å²) in [6, 6.07) is 12.5. The quantitative estimate of drug-likeness (QED) is 0.446. The molecule has 0 aliphatic heterocycles. The van der Waals surface area contributed by atoms with Crippen LogP contribution in [0.25, 0.3) is 10.9 Å². The van der Waals surface area contributed by atoms with Crippen molar-refractivity contribution in [1.29, 1.82) is 0 Å². The first-order chi connectivity index (χ1) is 13.4. The van der Waals surface area contributed by atoms with Crippen LogP contribution in [0.4, 0.5) is 11.4 Å². The maximum atomic E-state index is 13.2. The zero-order chi connectivity index (χ0) is 19.8. The van der Waals surface area contributed by atoms with E-state index in [2.05, 4.69) is 0 Å². The van der Waals surface area contributed by atoms with Crippen LogP contribution in [0.3, 0.4) is 0 Å². The van der Waals surface area contributed by atoms with Crippen molar-refractivity contribution in [3.63, 3.8) is 0 Å². The largest absolute Gasteiger partial charge is 0.350 e. The van der Waals surface area contributed by atoms with Gasteiger partial charge in [0.2, 0.25) is 5.91 Å². The molecule has 0 N–H and O–H groups in total. The third kappa shape index (κ3) is 3.60. The third-order valence-electron chi connectivity index (χ3n) is 5.20. The fourth-order valence-corrected chi connectivity index (χ4v) is 3.73. The number of nitrogens with zero attached hydrogens (tertiary/aromatic N) is 3. The standard InChI is InChI=1S/C21H20ClN3O3/c1-23-13-15(17-4-2-3-5-19(17)23)10-21(26)24(12-14-6-7-14)16-8-9-18(22)20(11-16)25(27)28/h2-5,8-9,11,13-14H,6-7,10,12H2,1H3. The van der Waals surface area contributed by atoms with E-state index < -0.39 is 4.92 Å². The lowest BCUT2D eigenvalue weighted by Crippen LogP contribution is -2.34. The Morgan fingerprint density at radius 3 is 2.75 bits per heavy atom. The molecule has 0 atom stereocenters. The van der Waals surface area contributed by atoms with E-state index in [-0.39, 0.29) is 23.0 Å². The van der Waals surface area contributed by atoms with E-state index in [9.17, 15) is 14.9 Å². The number of aromatic nitrogens is 1. The summed E-state index contributed by atoms with van der Waals surface area (Å²) in [5.74, 6) is 0.381. The van der Waals surface area contributed by atoms with Crippen molar-refractivity contribution in [3.8, 4) is 0 Å². The van der Waals surface area contributed by atoms with Crippen molar-refractivity contribution in [2.24, 2.45) is 13.0 Å². The van der Waals surface area contributed by atoms with Crippen molar-refractivity contribution in [3.05, 3.63) is 69.4 Å². The summed E-state index contributed by atoms with van der Waals surface area (Å²) in [6.07, 6.45) is 4.37. The number of hydrogen-bond donors (Lipinski definition) is 0. The minimum Gasteiger partial charge on any atom is -0.350 e. The molecule has 0 bridgehead atoms. The van der Waals surface area contributed by atoms with E-state index in [0.29, 0.717) is 18.2 Å². The van der Waals surface area contributed by atoms with Crippen molar-refractivity contribution < 1.29 is 9.72 Å². The van der Waals surface area contributed by atoms with Crippen LogP contribution in [-0.4, -0.2) is 21.9 Å². The minimum atomic E-state index is -0.518. The molecule has 1 saturated carbocycles. The predicted molar refractivity (Wildman–Crippen MR) is 110 cm³/mol. The van der Waals surface area contributed by atoms with Gasteiger partial charge in [-0.2, -0.15) is 0 Å². The zero-order valence-electron chi connectivity index (χ0n) is 15.5. The van der Waals surface area contributed by atoms with Crippen LogP contribution in [0.1, 0.15) is 18.4 Å². The van der Waals surface area contributed by atoms with Crippen LogP contribution in [-0.2, 0) is 18.3 Å². The average Bonchev–Trinajstić information content (AvgIpc) is 3.44. The lowest BCUT2D eigenvalue weighted by Gasteiger charge is -2.23. The molecule has 1 aliphatic carbocycles. The van der Waals surface area contributed by atoms with E-state index in [1.165, 1.54) is 12.1 Å². The molecule has 0 spiro atoms. The van der Waals surface area contributed by atoms with E-state index >= 15 is 0 Å². The van der Waals surface area contributed by atoms with Gasteiger partial charge in [0.05, 0.1) is 17.0 Å². The Morgan fingerprint density at radius 1 is 1.29 bits per heavy atom. The number of nitro groups is 1. The van der Waals surface area contributed by atoms with Crippen molar-refractivity contribution in [2.45, 2.75) is 19.3 Å². The van der Waals surface area contributed by atoms with Gasteiger partial charge in [-0.05, 0) is 42.5 Å². The summed E-state index contributed by atoms with van der Waals surface area (Å²) < 4.78 is 2.01. The average molecular weight is 398 g/mol. The first kappa shape index (κ1) is 18.5. The molecule has 1 amide bonds. The van der Waals surface area contributed by atoms with Gasteiger partial charge in [-0.15, -0.1) is 0 Å². The van der Waals surface area contributed by atoms with Gasteiger partial charge in [-0.25, -0.2) is 0 Å². The molecule has 6 nitrogen and oxygen atoms in total. The fraction of sp³-hybridized carbons (Fsp3) is 0.286. The van der Waals surface area contributed by atoms with Gasteiger partial charge in [0.15, 0.2) is 0 Å². The number of fused-ring (bicyclic) bond motifs is 1. The molecule has 1 aliphatic rings. The van der Waals surface area contributed by atoms with Crippen LogP contribution in [0.2, 0.25) is 5.02 Å². The lowest BCUT2D eigenvalue weighted by atomic mass is 10.1. The Kier molecular flexibility index (Phi) is 4.81. The molecule has 4 rings (SSSR count). The van der Waals surface area contributed by atoms with Gasteiger partial charge in [0.1, 0.15) is 5.02 Å². The number of halogens is 1. The molecule has 0 unspecified atom stereocenters. The van der Waals surface area contributed by atoms with Crippen LogP contribution in [0, 0.1) is 16.0 Å². The third-order valence-corrected chi connectivity index (χ3v) is 5.52. The maximum Gasteiger partial charge on any atom is 0.289 e. The summed E-state index contributed by atoms with van der Waals surface area (Å²) in [7, 11) is 1.96. The van der Waals surface area contributed by atoms with Crippen LogP contribution < -0.4 is 4.90 Å². The molecule has 0 saturated heterocycles. The predicted octanol–water partition coefficient (Wildman–Crippen LogP) is 4.73. The van der Waals surface area contributed by atoms with Gasteiger partial charge in [0, 0.05) is 36.8 Å². The number of carbonyl (C=O) groups excluding carboxylic acids is 1. The highest BCUT2D eigenvalue weighted by Gasteiger charge is 2.29. The molecule has 28 heavy (non-hydrogen) atoms. The topological polar surface area (TPSA) is 68.4 Å². The van der Waals surface area contributed by atoms with Gasteiger partial charge < -0.3 is 9.47 Å². The number of rotatable bonds is 6. The summed E-state index contributed by atoms with van der Waals surface area (Å²) in [6.45, 7) is 0.572. The lowest BCUT2D eigenvalue weighted by molar-refractivity contribution is -0.384. The number of nitro benzene ring substituents is 1. The molecule has 144 valence electrons. The molecule has 0 radical (unpaired) electrons.